The minimum absolute atomic E-state index is 0.0408. The van der Waals surface area contributed by atoms with Gasteiger partial charge in [0, 0.05) is 11.5 Å². The maximum absolute atomic E-state index is 13.4. The average Bonchev–Trinajstić information content (AvgIpc) is 3.20. The fourth-order valence-corrected chi connectivity index (χ4v) is 8.85. The zero-order valence-electron chi connectivity index (χ0n) is 18.4. The Labute approximate surface area is 173 Å². The Morgan fingerprint density at radius 2 is 1.83 bits per heavy atom. The molecule has 0 radical (unpaired) electrons. The summed E-state index contributed by atoms with van der Waals surface area (Å²) in [5.41, 5.74) is -0.700. The van der Waals surface area contributed by atoms with Crippen molar-refractivity contribution in [3.05, 3.63) is 0 Å². The summed E-state index contributed by atoms with van der Waals surface area (Å²) in [6, 6.07) is 0. The second kappa shape index (κ2) is 5.38. The second-order valence-corrected chi connectivity index (χ2v) is 12.8. The van der Waals surface area contributed by atoms with E-state index in [2.05, 4.69) is 39.9 Å². The molecule has 29 heavy (non-hydrogen) atoms. The van der Waals surface area contributed by atoms with E-state index in [9.17, 15) is 9.59 Å². The molecule has 0 aromatic heterocycles. The summed E-state index contributed by atoms with van der Waals surface area (Å²) < 4.78 is 11.7. The zero-order chi connectivity index (χ0) is 20.5. The number of fused-ring (bicyclic) bond motifs is 12. The molecular formula is C24H35NO4. The van der Waals surface area contributed by atoms with Crippen LogP contribution in [0.15, 0.2) is 0 Å². The van der Waals surface area contributed by atoms with Crippen LogP contribution in [0.4, 0.5) is 0 Å². The highest BCUT2D eigenvalue weighted by Crippen LogP contribution is 2.71. The minimum Gasteiger partial charge on any atom is -0.465 e. The van der Waals surface area contributed by atoms with Gasteiger partial charge in [0.15, 0.2) is 0 Å². The van der Waals surface area contributed by atoms with E-state index in [1.807, 2.05) is 0 Å². The smallest absolute Gasteiger partial charge is 0.328 e. The first kappa shape index (κ1) is 18.7. The number of nitrogens with one attached hydrogen (secondary N) is 1. The lowest BCUT2D eigenvalue weighted by atomic mass is 9.63. The average molecular weight is 402 g/mol. The van der Waals surface area contributed by atoms with Crippen molar-refractivity contribution < 1.29 is 19.1 Å². The Morgan fingerprint density at radius 3 is 2.48 bits per heavy atom. The molecule has 5 nitrogen and oxygen atoms in total. The minimum atomic E-state index is -0.554. The Balaban J connectivity index is 1.20. The molecule has 10 atom stereocenters. The quantitative estimate of drug-likeness (QED) is 0.447. The lowest BCUT2D eigenvalue weighted by molar-refractivity contribution is -0.160. The first-order valence-corrected chi connectivity index (χ1v) is 11.7. The van der Waals surface area contributed by atoms with Gasteiger partial charge >= 0.3 is 11.9 Å². The number of cyclic esters (lactones) is 1. The van der Waals surface area contributed by atoms with E-state index < -0.39 is 5.54 Å². The predicted octanol–water partition coefficient (Wildman–Crippen LogP) is 3.17. The highest BCUT2D eigenvalue weighted by atomic mass is 16.6. The van der Waals surface area contributed by atoms with Crippen molar-refractivity contribution in [3.63, 3.8) is 0 Å². The van der Waals surface area contributed by atoms with E-state index in [1.165, 1.54) is 12.8 Å². The zero-order valence-corrected chi connectivity index (χ0v) is 18.4. The third-order valence-electron chi connectivity index (χ3n) is 9.70. The van der Waals surface area contributed by atoms with Crippen LogP contribution in [-0.2, 0) is 19.1 Å². The number of carbonyl (C=O) groups excluding carboxylic acids is 2. The number of carbonyl (C=O) groups is 2. The number of hydrogen-bond acceptors (Lipinski definition) is 5. The molecule has 4 saturated carbocycles. The molecular weight excluding hydrogens is 366 g/mol. The van der Waals surface area contributed by atoms with E-state index in [4.69, 9.17) is 9.47 Å². The molecule has 0 spiro atoms. The molecule has 6 rings (SSSR count). The monoisotopic (exact) mass is 401 g/mol. The van der Waals surface area contributed by atoms with E-state index in [0.29, 0.717) is 42.1 Å². The number of hydrogen-bond donors (Lipinski definition) is 1. The molecule has 160 valence electrons. The standard InChI is InChI=1S/C24H35NO4/c1-22(2,3)10-24(23(4,5)25-24)21(27)29-16-7-11-6-13(16)18-14-8-12(17(11)18)15-9-28-20(26)19(14)15/h11-19,25H,6-10H2,1-5H3. The van der Waals surface area contributed by atoms with Gasteiger partial charge in [-0.05, 0) is 80.5 Å². The molecule has 2 saturated heterocycles. The number of ether oxygens (including phenoxy) is 2. The summed E-state index contributed by atoms with van der Waals surface area (Å²) in [5.74, 6) is 4.19. The molecule has 0 aromatic rings. The van der Waals surface area contributed by atoms with Crippen LogP contribution in [0.25, 0.3) is 0 Å². The van der Waals surface area contributed by atoms with E-state index in [1.54, 1.807) is 0 Å². The molecule has 0 aromatic carbocycles. The van der Waals surface area contributed by atoms with Gasteiger partial charge in [-0.1, -0.05) is 20.8 Å². The van der Waals surface area contributed by atoms with Crippen LogP contribution >= 0.6 is 0 Å². The molecule has 10 unspecified atom stereocenters. The van der Waals surface area contributed by atoms with Crippen molar-refractivity contribution in [2.24, 2.45) is 52.8 Å². The van der Waals surface area contributed by atoms with Crippen LogP contribution < -0.4 is 5.32 Å². The van der Waals surface area contributed by atoms with Crippen LogP contribution in [0.3, 0.4) is 0 Å². The fourth-order valence-electron chi connectivity index (χ4n) is 8.85. The molecule has 4 bridgehead atoms. The SMILES string of the molecule is CC(C)(C)CC1(C(=O)OC2CC3CC2C2C4CC(C5COC(=O)C54)C32)NC1(C)C. The Morgan fingerprint density at radius 1 is 1.10 bits per heavy atom. The Hall–Kier alpha value is -1.10. The molecule has 2 aliphatic heterocycles. The second-order valence-electron chi connectivity index (χ2n) is 12.8. The van der Waals surface area contributed by atoms with Gasteiger partial charge in [-0.2, -0.15) is 0 Å². The van der Waals surface area contributed by atoms with E-state index >= 15 is 0 Å². The van der Waals surface area contributed by atoms with Crippen LogP contribution in [0.5, 0.6) is 0 Å². The molecule has 6 aliphatic rings. The summed E-state index contributed by atoms with van der Waals surface area (Å²) in [4.78, 5) is 25.7. The normalized spacial score (nSPS) is 53.0. The fraction of sp³-hybridized carbons (Fsp3) is 0.917. The van der Waals surface area contributed by atoms with Gasteiger partial charge in [0.25, 0.3) is 0 Å². The van der Waals surface area contributed by atoms with Gasteiger partial charge in [0.1, 0.15) is 11.6 Å². The topological polar surface area (TPSA) is 74.5 Å². The molecule has 5 heteroatoms. The third-order valence-corrected chi connectivity index (χ3v) is 9.70. The molecule has 2 heterocycles. The molecule has 0 amide bonds. The lowest BCUT2D eigenvalue weighted by Gasteiger charge is -2.41. The van der Waals surface area contributed by atoms with Crippen LogP contribution in [-0.4, -0.2) is 35.7 Å². The third kappa shape index (κ3) is 2.31. The van der Waals surface area contributed by atoms with Gasteiger partial charge < -0.3 is 9.47 Å². The van der Waals surface area contributed by atoms with Crippen molar-refractivity contribution in [1.29, 1.82) is 0 Å². The van der Waals surface area contributed by atoms with Crippen molar-refractivity contribution >= 4 is 11.9 Å². The maximum Gasteiger partial charge on any atom is 0.328 e. The van der Waals surface area contributed by atoms with Crippen molar-refractivity contribution in [3.8, 4) is 0 Å². The molecule has 1 N–H and O–H groups in total. The summed E-state index contributed by atoms with van der Waals surface area (Å²) in [5, 5.41) is 3.47. The molecule has 4 aliphatic carbocycles. The first-order chi connectivity index (χ1) is 13.5. The van der Waals surface area contributed by atoms with Crippen LogP contribution in [0, 0.1) is 52.8 Å². The van der Waals surface area contributed by atoms with Crippen molar-refractivity contribution in [1.82, 2.24) is 5.32 Å². The van der Waals surface area contributed by atoms with Gasteiger partial charge in [0.2, 0.25) is 0 Å². The predicted molar refractivity (Wildman–Crippen MR) is 107 cm³/mol. The highest BCUT2D eigenvalue weighted by Gasteiger charge is 2.72. The first-order valence-electron chi connectivity index (χ1n) is 11.7. The van der Waals surface area contributed by atoms with Crippen LogP contribution in [0.1, 0.15) is 60.3 Å². The summed E-state index contributed by atoms with van der Waals surface area (Å²) in [7, 11) is 0. The maximum atomic E-state index is 13.4. The van der Waals surface area contributed by atoms with Gasteiger partial charge in [-0.25, -0.2) is 4.79 Å². The molecule has 6 fully saturated rings. The summed E-state index contributed by atoms with van der Waals surface area (Å²) in [6.07, 6.45) is 4.25. The van der Waals surface area contributed by atoms with E-state index in [-0.39, 0.29) is 34.9 Å². The van der Waals surface area contributed by atoms with E-state index in [0.717, 1.165) is 18.8 Å². The summed E-state index contributed by atoms with van der Waals surface area (Å²) >= 11 is 0. The van der Waals surface area contributed by atoms with Crippen molar-refractivity contribution in [2.75, 3.05) is 6.61 Å². The van der Waals surface area contributed by atoms with Gasteiger partial charge in [-0.3, -0.25) is 10.1 Å². The lowest BCUT2D eigenvalue weighted by Crippen LogP contribution is -2.45. The largest absolute Gasteiger partial charge is 0.465 e. The number of rotatable bonds is 3. The van der Waals surface area contributed by atoms with Crippen molar-refractivity contribution in [2.45, 2.75) is 77.5 Å². The Kier molecular flexibility index (Phi) is 3.46. The summed E-state index contributed by atoms with van der Waals surface area (Å²) in [6.45, 7) is 11.4. The van der Waals surface area contributed by atoms with Crippen LogP contribution in [0.2, 0.25) is 0 Å². The number of esters is 2. The Bertz CT molecular complexity index is 784. The van der Waals surface area contributed by atoms with Gasteiger partial charge in [0.05, 0.1) is 12.5 Å². The van der Waals surface area contributed by atoms with Gasteiger partial charge in [-0.15, -0.1) is 0 Å². The highest BCUT2D eigenvalue weighted by molar-refractivity contribution is 5.87.